The smallest absolute Gasteiger partial charge is 0.0774 e. The van der Waals surface area contributed by atoms with Gasteiger partial charge in [-0.15, -0.1) is 0 Å². The Balaban J connectivity index is 2.71. The third-order valence-electron chi connectivity index (χ3n) is 1.11. The molecule has 1 aliphatic rings. The van der Waals surface area contributed by atoms with E-state index in [1.807, 2.05) is 6.92 Å². The molecule has 8 heavy (non-hydrogen) atoms. The van der Waals surface area contributed by atoms with Crippen molar-refractivity contribution in [3.8, 4) is 0 Å². The van der Waals surface area contributed by atoms with Gasteiger partial charge < -0.3 is 0 Å². The van der Waals surface area contributed by atoms with E-state index in [1.165, 1.54) is 0 Å². The van der Waals surface area contributed by atoms with E-state index in [4.69, 9.17) is 4.18 Å². The summed E-state index contributed by atoms with van der Waals surface area (Å²) >= 11 is 0. The molecule has 2 nitrogen and oxygen atoms in total. The summed E-state index contributed by atoms with van der Waals surface area (Å²) in [6.07, 6.45) is 0. The van der Waals surface area contributed by atoms with Crippen molar-refractivity contribution >= 4 is 15.7 Å². The van der Waals surface area contributed by atoms with Gasteiger partial charge in [0.1, 0.15) is 0 Å². The SMILES string of the molecule is C=S1(=O)CC(C)CO1. The predicted molar refractivity (Wildman–Crippen MR) is 35.2 cm³/mol. The summed E-state index contributed by atoms with van der Waals surface area (Å²) < 4.78 is 15.7. The molecule has 0 aromatic rings. The first kappa shape index (κ1) is 6.11. The summed E-state index contributed by atoms with van der Waals surface area (Å²) in [5.74, 6) is 4.49. The van der Waals surface area contributed by atoms with Gasteiger partial charge in [-0.3, -0.25) is 4.18 Å². The molecule has 2 atom stereocenters. The highest BCUT2D eigenvalue weighted by molar-refractivity contribution is 7.96. The second kappa shape index (κ2) is 1.74. The molecule has 0 N–H and O–H groups in total. The maximum Gasteiger partial charge on any atom is 0.0774 e. The molecule has 3 heteroatoms. The van der Waals surface area contributed by atoms with Gasteiger partial charge in [-0.2, -0.15) is 0 Å². The van der Waals surface area contributed by atoms with Crippen LogP contribution in [0.2, 0.25) is 0 Å². The maximum absolute atomic E-state index is 10.9. The van der Waals surface area contributed by atoms with Crippen molar-refractivity contribution in [3.63, 3.8) is 0 Å². The molecule has 0 amide bonds. The lowest BCUT2D eigenvalue weighted by Gasteiger charge is -1.92. The van der Waals surface area contributed by atoms with Gasteiger partial charge in [-0.1, -0.05) is 6.92 Å². The molecule has 1 aliphatic heterocycles. The monoisotopic (exact) mass is 134 g/mol. The minimum Gasteiger partial charge on any atom is -0.298 e. The van der Waals surface area contributed by atoms with E-state index in [2.05, 4.69) is 5.87 Å². The number of rotatable bonds is 0. The Hall–Kier alpha value is -0.0200. The highest BCUT2D eigenvalue weighted by Gasteiger charge is 2.19. The van der Waals surface area contributed by atoms with Crippen LogP contribution in [0.25, 0.3) is 0 Å². The molecule has 2 unspecified atom stereocenters. The molecule has 0 bridgehead atoms. The van der Waals surface area contributed by atoms with Gasteiger partial charge in [-0.25, -0.2) is 4.21 Å². The van der Waals surface area contributed by atoms with Gasteiger partial charge in [-0.05, 0) is 11.8 Å². The summed E-state index contributed by atoms with van der Waals surface area (Å²) in [4.78, 5) is 0. The van der Waals surface area contributed by atoms with Crippen molar-refractivity contribution in [2.45, 2.75) is 6.92 Å². The van der Waals surface area contributed by atoms with Gasteiger partial charge in [0.2, 0.25) is 0 Å². The lowest BCUT2D eigenvalue weighted by Crippen LogP contribution is -2.00. The zero-order chi connectivity index (χ0) is 6.20. The lowest BCUT2D eigenvalue weighted by atomic mass is 10.2. The van der Waals surface area contributed by atoms with Crippen molar-refractivity contribution in [2.24, 2.45) is 5.92 Å². The molecule has 0 aromatic heterocycles. The molecule has 48 valence electrons. The van der Waals surface area contributed by atoms with Crippen LogP contribution in [0.15, 0.2) is 0 Å². The van der Waals surface area contributed by atoms with Crippen molar-refractivity contribution in [1.82, 2.24) is 0 Å². The fourth-order valence-electron chi connectivity index (χ4n) is 0.770. The fourth-order valence-corrected chi connectivity index (χ4v) is 2.31. The van der Waals surface area contributed by atoms with E-state index in [1.54, 1.807) is 0 Å². The second-order valence-corrected chi connectivity index (χ2v) is 4.36. The summed E-state index contributed by atoms with van der Waals surface area (Å²) in [6.45, 7) is 2.63. The Kier molecular flexibility index (Phi) is 1.33. The molecule has 1 fully saturated rings. The zero-order valence-electron chi connectivity index (χ0n) is 4.92. The van der Waals surface area contributed by atoms with Crippen molar-refractivity contribution in [1.29, 1.82) is 0 Å². The van der Waals surface area contributed by atoms with Crippen LogP contribution in [0.4, 0.5) is 0 Å². The Labute approximate surface area is 50.1 Å². The average molecular weight is 134 g/mol. The summed E-state index contributed by atoms with van der Waals surface area (Å²) in [7, 11) is -2.10. The van der Waals surface area contributed by atoms with Crippen molar-refractivity contribution < 1.29 is 8.39 Å². The zero-order valence-corrected chi connectivity index (χ0v) is 5.74. The molecule has 1 heterocycles. The maximum atomic E-state index is 10.9. The first-order chi connectivity index (χ1) is 3.60. The van der Waals surface area contributed by atoms with E-state index in [9.17, 15) is 4.21 Å². The molecular weight excluding hydrogens is 124 g/mol. The van der Waals surface area contributed by atoms with Gasteiger partial charge in [0, 0.05) is 5.75 Å². The van der Waals surface area contributed by atoms with E-state index in [-0.39, 0.29) is 0 Å². The molecule has 0 radical (unpaired) electrons. The Morgan fingerprint density at radius 1 is 1.88 bits per heavy atom. The standard InChI is InChI=1S/C5H10O2S/c1-5-3-7-8(2,6)4-5/h5H,2-4H2,1H3. The molecule has 0 aliphatic carbocycles. The summed E-state index contributed by atoms with van der Waals surface area (Å²) in [5.41, 5.74) is 0. The van der Waals surface area contributed by atoms with E-state index in [0.717, 1.165) is 0 Å². The van der Waals surface area contributed by atoms with Crippen LogP contribution < -0.4 is 0 Å². The van der Waals surface area contributed by atoms with Crippen LogP contribution in [0.1, 0.15) is 6.92 Å². The van der Waals surface area contributed by atoms with Gasteiger partial charge >= 0.3 is 0 Å². The van der Waals surface area contributed by atoms with Gasteiger partial charge in [0.15, 0.2) is 0 Å². The number of hydrogen-bond acceptors (Lipinski definition) is 2. The predicted octanol–water partition coefficient (Wildman–Crippen LogP) is 0.284. The Morgan fingerprint density at radius 3 is 2.62 bits per heavy atom. The number of hydrogen-bond donors (Lipinski definition) is 0. The highest BCUT2D eigenvalue weighted by atomic mass is 32.2. The van der Waals surface area contributed by atoms with Crippen LogP contribution in [0, 0.1) is 5.92 Å². The molecule has 0 saturated carbocycles. The average Bonchev–Trinajstić information content (AvgIpc) is 1.82. The normalized spacial score (nSPS) is 47.4. The van der Waals surface area contributed by atoms with Crippen LogP contribution in [-0.2, 0) is 14.0 Å². The summed E-state index contributed by atoms with van der Waals surface area (Å²) in [5, 5.41) is 0. The molecular formula is C5H10O2S. The van der Waals surface area contributed by atoms with E-state index in [0.29, 0.717) is 18.3 Å². The fraction of sp³-hybridized carbons (Fsp3) is 0.800. The lowest BCUT2D eigenvalue weighted by molar-refractivity contribution is 0.338. The van der Waals surface area contributed by atoms with E-state index < -0.39 is 9.80 Å². The molecule has 0 aromatic carbocycles. The first-order valence-corrected chi connectivity index (χ1v) is 4.41. The molecule has 0 spiro atoms. The Morgan fingerprint density at radius 2 is 2.50 bits per heavy atom. The third kappa shape index (κ3) is 1.23. The third-order valence-corrected chi connectivity index (χ3v) is 2.75. The van der Waals surface area contributed by atoms with Crippen molar-refractivity contribution in [3.05, 3.63) is 0 Å². The van der Waals surface area contributed by atoms with Crippen LogP contribution in [0.5, 0.6) is 0 Å². The molecule has 1 rings (SSSR count). The van der Waals surface area contributed by atoms with E-state index >= 15 is 0 Å². The quantitative estimate of drug-likeness (QED) is 0.445. The van der Waals surface area contributed by atoms with Crippen LogP contribution in [-0.4, -0.2) is 22.4 Å². The summed E-state index contributed by atoms with van der Waals surface area (Å²) in [6, 6.07) is 0. The van der Waals surface area contributed by atoms with Gasteiger partial charge in [0.05, 0.1) is 16.4 Å². The minimum atomic E-state index is -2.10. The minimum absolute atomic E-state index is 0.431. The highest BCUT2D eigenvalue weighted by Crippen LogP contribution is 2.12. The second-order valence-electron chi connectivity index (χ2n) is 2.30. The topological polar surface area (TPSA) is 26.3 Å². The Bertz CT molecular complexity index is 169. The van der Waals surface area contributed by atoms with Crippen LogP contribution >= 0.6 is 0 Å². The largest absolute Gasteiger partial charge is 0.298 e. The first-order valence-electron chi connectivity index (χ1n) is 2.59. The van der Waals surface area contributed by atoms with Gasteiger partial charge in [0.25, 0.3) is 0 Å². The van der Waals surface area contributed by atoms with Crippen LogP contribution in [0.3, 0.4) is 0 Å². The van der Waals surface area contributed by atoms with Crippen molar-refractivity contribution in [2.75, 3.05) is 12.4 Å². The molecule has 1 saturated heterocycles.